The molecule has 0 bridgehead atoms. The Morgan fingerprint density at radius 1 is 0.714 bits per heavy atom. The van der Waals surface area contributed by atoms with Crippen LogP contribution >= 0.6 is 0 Å². The Morgan fingerprint density at radius 2 is 1.29 bits per heavy atom. The van der Waals surface area contributed by atoms with Crippen LogP contribution in [0.4, 0.5) is 0 Å². The molecular formula is C30H23NO4. The minimum atomic E-state index is -1.13. The van der Waals surface area contributed by atoms with Crippen LogP contribution in [0.2, 0.25) is 0 Å². The highest BCUT2D eigenvalue weighted by atomic mass is 16.5. The number of hydrogen-bond acceptors (Lipinski definition) is 4. The van der Waals surface area contributed by atoms with E-state index in [0.29, 0.717) is 35.6 Å². The van der Waals surface area contributed by atoms with Gasteiger partial charge in [-0.3, -0.25) is 0 Å². The minimum absolute atomic E-state index is 0.102. The van der Waals surface area contributed by atoms with Crippen molar-refractivity contribution in [2.24, 2.45) is 0 Å². The number of ether oxygens (including phenoxy) is 2. The summed E-state index contributed by atoms with van der Waals surface area (Å²) in [6, 6.07) is 34.8. The molecule has 1 N–H and O–H groups in total. The summed E-state index contributed by atoms with van der Waals surface area (Å²) in [5.74, 6) is -0.166. The molecule has 0 aliphatic heterocycles. The van der Waals surface area contributed by atoms with Gasteiger partial charge in [0.05, 0.1) is 0 Å². The number of carboxylic acids is 1. The lowest BCUT2D eigenvalue weighted by atomic mass is 10.0. The Morgan fingerprint density at radius 3 is 1.89 bits per heavy atom. The number of carbonyl (C=O) groups is 1. The maximum Gasteiger partial charge on any atom is 0.354 e. The molecule has 4 aromatic carbocycles. The van der Waals surface area contributed by atoms with Crippen molar-refractivity contribution in [3.8, 4) is 22.6 Å². The first kappa shape index (κ1) is 22.2. The van der Waals surface area contributed by atoms with Crippen molar-refractivity contribution in [3.05, 3.63) is 126 Å². The summed E-state index contributed by atoms with van der Waals surface area (Å²) in [7, 11) is 0. The van der Waals surface area contributed by atoms with Gasteiger partial charge < -0.3 is 14.6 Å². The van der Waals surface area contributed by atoms with Gasteiger partial charge in [0.1, 0.15) is 24.5 Å². The third-order valence-corrected chi connectivity index (χ3v) is 5.66. The largest absolute Gasteiger partial charge is 0.488 e. The summed E-state index contributed by atoms with van der Waals surface area (Å²) in [6.45, 7) is 0.624. The molecule has 0 fully saturated rings. The number of pyridine rings is 1. The predicted molar refractivity (Wildman–Crippen MR) is 136 cm³/mol. The third kappa shape index (κ3) is 4.99. The van der Waals surface area contributed by atoms with Crippen molar-refractivity contribution in [3.63, 3.8) is 0 Å². The van der Waals surface area contributed by atoms with Gasteiger partial charge in [0.15, 0.2) is 11.4 Å². The standard InChI is InChI=1S/C30H23NO4/c32-30(33)26-18-27(34-19-21-10-4-1-5-11-21)25-17-16-24(23-14-8-3-9-15-23)29(28(25)31-26)35-20-22-12-6-2-7-13-22/h1-18H,19-20H2,(H,32,33). The van der Waals surface area contributed by atoms with E-state index in [4.69, 9.17) is 9.47 Å². The predicted octanol–water partition coefficient (Wildman–Crippen LogP) is 6.76. The molecule has 0 spiro atoms. The van der Waals surface area contributed by atoms with E-state index in [1.165, 1.54) is 6.07 Å². The van der Waals surface area contributed by atoms with Gasteiger partial charge in [-0.05, 0) is 28.8 Å². The molecular weight excluding hydrogens is 438 g/mol. The number of benzene rings is 4. The molecule has 5 nitrogen and oxygen atoms in total. The summed E-state index contributed by atoms with van der Waals surface area (Å²) < 4.78 is 12.4. The van der Waals surface area contributed by atoms with Gasteiger partial charge in [-0.25, -0.2) is 9.78 Å². The summed E-state index contributed by atoms with van der Waals surface area (Å²) in [6.07, 6.45) is 0. The summed E-state index contributed by atoms with van der Waals surface area (Å²) in [5, 5.41) is 10.5. The number of rotatable bonds is 8. The first-order chi connectivity index (χ1) is 17.2. The second kappa shape index (κ2) is 10.1. The first-order valence-corrected chi connectivity index (χ1v) is 11.3. The van der Waals surface area contributed by atoms with Crippen molar-refractivity contribution in [1.29, 1.82) is 0 Å². The van der Waals surface area contributed by atoms with Crippen molar-refractivity contribution in [2.45, 2.75) is 13.2 Å². The van der Waals surface area contributed by atoms with Gasteiger partial charge in [0, 0.05) is 17.0 Å². The molecule has 0 atom stereocenters. The average Bonchev–Trinajstić information content (AvgIpc) is 2.91. The summed E-state index contributed by atoms with van der Waals surface area (Å²) >= 11 is 0. The molecule has 0 aliphatic carbocycles. The van der Waals surface area contributed by atoms with Crippen LogP contribution in [-0.4, -0.2) is 16.1 Å². The van der Waals surface area contributed by atoms with Crippen molar-refractivity contribution < 1.29 is 19.4 Å². The molecule has 5 rings (SSSR count). The van der Waals surface area contributed by atoms with Crippen LogP contribution < -0.4 is 9.47 Å². The molecule has 0 saturated heterocycles. The smallest absolute Gasteiger partial charge is 0.354 e. The first-order valence-electron chi connectivity index (χ1n) is 11.3. The van der Waals surface area contributed by atoms with E-state index in [0.717, 1.165) is 22.3 Å². The van der Waals surface area contributed by atoms with Crippen molar-refractivity contribution in [1.82, 2.24) is 4.98 Å². The molecule has 0 radical (unpaired) electrons. The Kier molecular flexibility index (Phi) is 6.39. The Bertz CT molecular complexity index is 1450. The fraction of sp³-hybridized carbons (Fsp3) is 0.0667. The lowest BCUT2D eigenvalue weighted by molar-refractivity contribution is 0.0690. The zero-order valence-electron chi connectivity index (χ0n) is 18.9. The number of aromatic carboxylic acids is 1. The number of fused-ring (bicyclic) bond motifs is 1. The maximum atomic E-state index is 12.0. The Labute approximate surface area is 203 Å². The minimum Gasteiger partial charge on any atom is -0.488 e. The topological polar surface area (TPSA) is 68.7 Å². The van der Waals surface area contributed by atoms with Crippen LogP contribution in [0.15, 0.2) is 109 Å². The second-order valence-electron chi connectivity index (χ2n) is 8.06. The van der Waals surface area contributed by atoms with E-state index in [2.05, 4.69) is 4.98 Å². The van der Waals surface area contributed by atoms with Gasteiger partial charge in [-0.2, -0.15) is 0 Å². The molecule has 5 aromatic rings. The van der Waals surface area contributed by atoms with E-state index in [-0.39, 0.29) is 5.69 Å². The molecule has 1 heterocycles. The summed E-state index contributed by atoms with van der Waals surface area (Å²) in [5.41, 5.74) is 4.11. The normalized spacial score (nSPS) is 10.7. The lowest BCUT2D eigenvalue weighted by Gasteiger charge is -2.17. The molecule has 5 heteroatoms. The Hall–Kier alpha value is -4.64. The van der Waals surface area contributed by atoms with Gasteiger partial charge in [0.25, 0.3) is 0 Å². The molecule has 0 unspecified atom stereocenters. The lowest BCUT2D eigenvalue weighted by Crippen LogP contribution is -2.05. The third-order valence-electron chi connectivity index (χ3n) is 5.66. The number of hydrogen-bond donors (Lipinski definition) is 1. The van der Waals surface area contributed by atoms with Crippen LogP contribution in [0.3, 0.4) is 0 Å². The molecule has 1 aromatic heterocycles. The van der Waals surface area contributed by atoms with E-state index in [1.807, 2.05) is 103 Å². The highest BCUT2D eigenvalue weighted by molar-refractivity contribution is 5.99. The van der Waals surface area contributed by atoms with Crippen LogP contribution in [-0.2, 0) is 13.2 Å². The average molecular weight is 462 g/mol. The molecule has 0 saturated carbocycles. The van der Waals surface area contributed by atoms with Crippen LogP contribution in [0.25, 0.3) is 22.0 Å². The molecule has 172 valence electrons. The van der Waals surface area contributed by atoms with E-state index in [9.17, 15) is 9.90 Å². The van der Waals surface area contributed by atoms with Gasteiger partial charge >= 0.3 is 5.97 Å². The quantitative estimate of drug-likeness (QED) is 0.277. The van der Waals surface area contributed by atoms with E-state index >= 15 is 0 Å². The fourth-order valence-electron chi connectivity index (χ4n) is 3.92. The highest BCUT2D eigenvalue weighted by Gasteiger charge is 2.19. The van der Waals surface area contributed by atoms with Crippen LogP contribution in [0.1, 0.15) is 21.6 Å². The second-order valence-corrected chi connectivity index (χ2v) is 8.06. The fourth-order valence-corrected chi connectivity index (χ4v) is 3.92. The highest BCUT2D eigenvalue weighted by Crippen LogP contribution is 2.40. The van der Waals surface area contributed by atoms with E-state index in [1.54, 1.807) is 0 Å². The zero-order valence-corrected chi connectivity index (χ0v) is 18.9. The van der Waals surface area contributed by atoms with Crippen LogP contribution in [0, 0.1) is 0 Å². The number of aromatic nitrogens is 1. The Balaban J connectivity index is 1.64. The SMILES string of the molecule is O=C(O)c1cc(OCc2ccccc2)c2ccc(-c3ccccc3)c(OCc3ccccc3)c2n1. The molecule has 0 amide bonds. The maximum absolute atomic E-state index is 12.0. The zero-order chi connectivity index (χ0) is 24.0. The number of carboxylic acid groups (broad SMARTS) is 1. The van der Waals surface area contributed by atoms with Crippen LogP contribution in [0.5, 0.6) is 11.5 Å². The monoisotopic (exact) mass is 461 g/mol. The van der Waals surface area contributed by atoms with Crippen molar-refractivity contribution in [2.75, 3.05) is 0 Å². The molecule has 0 aliphatic rings. The van der Waals surface area contributed by atoms with E-state index < -0.39 is 5.97 Å². The molecule has 35 heavy (non-hydrogen) atoms. The van der Waals surface area contributed by atoms with Crippen molar-refractivity contribution >= 4 is 16.9 Å². The van der Waals surface area contributed by atoms with Gasteiger partial charge in [-0.15, -0.1) is 0 Å². The summed E-state index contributed by atoms with van der Waals surface area (Å²) in [4.78, 5) is 16.4. The van der Waals surface area contributed by atoms with Gasteiger partial charge in [0.2, 0.25) is 0 Å². The van der Waals surface area contributed by atoms with Gasteiger partial charge in [-0.1, -0.05) is 91.0 Å². The number of nitrogens with zero attached hydrogens (tertiary/aromatic N) is 1.